The van der Waals surface area contributed by atoms with Crippen LogP contribution in [-0.4, -0.2) is 63.3 Å². The first-order valence-corrected chi connectivity index (χ1v) is 9.68. The molecule has 5 nitrogen and oxygen atoms in total. The van der Waals surface area contributed by atoms with Gasteiger partial charge < -0.3 is 15.4 Å². The van der Waals surface area contributed by atoms with Crippen LogP contribution in [0.5, 0.6) is 0 Å². The smallest absolute Gasteiger partial charge is 0.191 e. The molecule has 1 saturated carbocycles. The number of hydrogen-bond donors (Lipinski definition) is 2. The molecule has 1 aliphatic heterocycles. The quantitative estimate of drug-likeness (QED) is 0.575. The molecule has 0 atom stereocenters. The number of benzene rings is 1. The van der Waals surface area contributed by atoms with E-state index in [0.29, 0.717) is 0 Å². The highest BCUT2D eigenvalue weighted by atomic mass is 35.5. The molecule has 0 aromatic heterocycles. The SMILES string of the molecule is CCNC(=NCC1(c2ccc(Cl)cc2)CC1)NCCN1CCOCC1. The molecule has 0 radical (unpaired) electrons. The third-order valence-electron chi connectivity index (χ3n) is 5.02. The average molecular weight is 365 g/mol. The van der Waals surface area contributed by atoms with Gasteiger partial charge in [0, 0.05) is 43.2 Å². The van der Waals surface area contributed by atoms with Crippen LogP contribution in [0.3, 0.4) is 0 Å². The third-order valence-corrected chi connectivity index (χ3v) is 5.27. The van der Waals surface area contributed by atoms with Gasteiger partial charge in [-0.2, -0.15) is 0 Å². The average Bonchev–Trinajstić information content (AvgIpc) is 3.42. The Balaban J connectivity index is 1.51. The van der Waals surface area contributed by atoms with E-state index >= 15 is 0 Å². The zero-order valence-corrected chi connectivity index (χ0v) is 15.8. The molecule has 0 bridgehead atoms. The van der Waals surface area contributed by atoms with Gasteiger partial charge in [0.15, 0.2) is 5.96 Å². The van der Waals surface area contributed by atoms with Gasteiger partial charge in [-0.25, -0.2) is 0 Å². The summed E-state index contributed by atoms with van der Waals surface area (Å²) in [6, 6.07) is 8.24. The minimum absolute atomic E-state index is 0.206. The highest BCUT2D eigenvalue weighted by Crippen LogP contribution is 2.48. The second-order valence-corrected chi connectivity index (χ2v) is 7.30. The van der Waals surface area contributed by atoms with Crippen molar-refractivity contribution in [3.05, 3.63) is 34.9 Å². The van der Waals surface area contributed by atoms with Crippen molar-refractivity contribution < 1.29 is 4.74 Å². The molecule has 1 saturated heterocycles. The van der Waals surface area contributed by atoms with Crippen molar-refractivity contribution in [2.24, 2.45) is 4.99 Å². The zero-order valence-electron chi connectivity index (χ0n) is 15.1. The molecular weight excluding hydrogens is 336 g/mol. The lowest BCUT2D eigenvalue weighted by atomic mass is 9.96. The van der Waals surface area contributed by atoms with Gasteiger partial charge in [0.1, 0.15) is 0 Å². The number of morpholine rings is 1. The van der Waals surface area contributed by atoms with E-state index in [-0.39, 0.29) is 5.41 Å². The summed E-state index contributed by atoms with van der Waals surface area (Å²) < 4.78 is 5.39. The highest BCUT2D eigenvalue weighted by Gasteiger charge is 2.44. The highest BCUT2D eigenvalue weighted by molar-refractivity contribution is 6.30. The summed E-state index contributed by atoms with van der Waals surface area (Å²) in [5, 5.41) is 7.61. The van der Waals surface area contributed by atoms with Gasteiger partial charge in [0.25, 0.3) is 0 Å². The molecule has 0 amide bonds. The van der Waals surface area contributed by atoms with Crippen LogP contribution >= 0.6 is 11.6 Å². The fourth-order valence-electron chi connectivity index (χ4n) is 3.22. The molecule has 1 aliphatic carbocycles. The molecule has 138 valence electrons. The molecule has 6 heteroatoms. The molecule has 2 aliphatic rings. The van der Waals surface area contributed by atoms with E-state index in [4.69, 9.17) is 21.3 Å². The molecule has 1 aromatic carbocycles. The topological polar surface area (TPSA) is 48.9 Å². The Hall–Kier alpha value is -1.30. The summed E-state index contributed by atoms with van der Waals surface area (Å²) >= 11 is 6.01. The summed E-state index contributed by atoms with van der Waals surface area (Å²) in [5.74, 6) is 0.913. The van der Waals surface area contributed by atoms with Crippen molar-refractivity contribution in [3.63, 3.8) is 0 Å². The van der Waals surface area contributed by atoms with Gasteiger partial charge in [-0.15, -0.1) is 0 Å². The monoisotopic (exact) mass is 364 g/mol. The number of hydrogen-bond acceptors (Lipinski definition) is 3. The molecule has 2 fully saturated rings. The molecule has 1 aromatic rings. The maximum Gasteiger partial charge on any atom is 0.191 e. The number of nitrogens with one attached hydrogen (secondary N) is 2. The van der Waals surface area contributed by atoms with Gasteiger partial charge >= 0.3 is 0 Å². The molecule has 25 heavy (non-hydrogen) atoms. The van der Waals surface area contributed by atoms with Crippen molar-refractivity contribution in [2.45, 2.75) is 25.2 Å². The van der Waals surface area contributed by atoms with Gasteiger partial charge in [-0.1, -0.05) is 23.7 Å². The number of rotatable bonds is 7. The maximum atomic E-state index is 6.01. The Kier molecular flexibility index (Phi) is 6.57. The Labute approximate surface area is 155 Å². The minimum Gasteiger partial charge on any atom is -0.379 e. The van der Waals surface area contributed by atoms with Crippen LogP contribution in [0, 0.1) is 0 Å². The predicted molar refractivity (Wildman–Crippen MR) is 104 cm³/mol. The van der Waals surface area contributed by atoms with E-state index in [0.717, 1.165) is 63.5 Å². The molecule has 2 N–H and O–H groups in total. The maximum absolute atomic E-state index is 6.01. The number of nitrogens with zero attached hydrogens (tertiary/aromatic N) is 2. The number of guanidine groups is 1. The van der Waals surface area contributed by atoms with E-state index in [1.807, 2.05) is 12.1 Å². The largest absolute Gasteiger partial charge is 0.379 e. The van der Waals surface area contributed by atoms with Crippen molar-refractivity contribution in [1.29, 1.82) is 0 Å². The van der Waals surface area contributed by atoms with Gasteiger partial charge in [-0.3, -0.25) is 9.89 Å². The first-order chi connectivity index (χ1) is 12.2. The molecular formula is C19H29ClN4O. The molecule has 0 unspecified atom stereocenters. The first kappa shape index (κ1) is 18.5. The van der Waals surface area contributed by atoms with Crippen LogP contribution in [0.1, 0.15) is 25.3 Å². The van der Waals surface area contributed by atoms with Gasteiger partial charge in [-0.05, 0) is 37.5 Å². The summed E-state index contributed by atoms with van der Waals surface area (Å²) in [7, 11) is 0. The Morgan fingerprint density at radius 3 is 2.56 bits per heavy atom. The van der Waals surface area contributed by atoms with Crippen LogP contribution < -0.4 is 10.6 Å². The summed E-state index contributed by atoms with van der Waals surface area (Å²) in [4.78, 5) is 7.27. The minimum atomic E-state index is 0.206. The summed E-state index contributed by atoms with van der Waals surface area (Å²) in [6.07, 6.45) is 2.40. The Bertz CT molecular complexity index is 565. The second-order valence-electron chi connectivity index (χ2n) is 6.86. The molecule has 0 spiro atoms. The van der Waals surface area contributed by atoms with Crippen molar-refractivity contribution in [1.82, 2.24) is 15.5 Å². The Morgan fingerprint density at radius 2 is 1.92 bits per heavy atom. The molecule has 3 rings (SSSR count). The third kappa shape index (κ3) is 5.33. The lowest BCUT2D eigenvalue weighted by molar-refractivity contribution is 0.0389. The van der Waals surface area contributed by atoms with Crippen LogP contribution in [0.25, 0.3) is 0 Å². The van der Waals surface area contributed by atoms with E-state index < -0.39 is 0 Å². The van der Waals surface area contributed by atoms with E-state index in [1.54, 1.807) is 0 Å². The predicted octanol–water partition coefficient (Wildman–Crippen LogP) is 2.26. The van der Waals surface area contributed by atoms with Crippen LogP contribution in [0.2, 0.25) is 5.02 Å². The summed E-state index contributed by atoms with van der Waals surface area (Å²) in [5.41, 5.74) is 1.56. The van der Waals surface area contributed by atoms with Crippen molar-refractivity contribution in [2.75, 3.05) is 52.5 Å². The lowest BCUT2D eigenvalue weighted by Crippen LogP contribution is -2.44. The van der Waals surface area contributed by atoms with Gasteiger partial charge in [0.05, 0.1) is 19.8 Å². The second kappa shape index (κ2) is 8.88. The molecule has 1 heterocycles. The summed E-state index contributed by atoms with van der Waals surface area (Å²) in [6.45, 7) is 9.46. The normalized spacial score (nSPS) is 20.3. The number of aliphatic imine (C=N–C) groups is 1. The Morgan fingerprint density at radius 1 is 1.20 bits per heavy atom. The van der Waals surface area contributed by atoms with Crippen LogP contribution in [-0.2, 0) is 10.2 Å². The number of halogens is 1. The first-order valence-electron chi connectivity index (χ1n) is 9.30. The number of ether oxygens (including phenoxy) is 1. The van der Waals surface area contributed by atoms with Gasteiger partial charge in [0.2, 0.25) is 0 Å². The van der Waals surface area contributed by atoms with Crippen molar-refractivity contribution >= 4 is 17.6 Å². The standard InChI is InChI=1S/C19H29ClN4O/c1-2-21-18(22-9-10-24-11-13-25-14-12-24)23-15-19(7-8-19)16-3-5-17(20)6-4-16/h3-6H,2,7-15H2,1H3,(H2,21,22,23). The van der Waals surface area contributed by atoms with E-state index in [2.05, 4.69) is 34.6 Å². The zero-order chi connectivity index (χ0) is 17.5. The fraction of sp³-hybridized carbons (Fsp3) is 0.632. The van der Waals surface area contributed by atoms with Crippen LogP contribution in [0.15, 0.2) is 29.3 Å². The van der Waals surface area contributed by atoms with E-state index in [9.17, 15) is 0 Å². The lowest BCUT2D eigenvalue weighted by Gasteiger charge is -2.26. The van der Waals surface area contributed by atoms with E-state index in [1.165, 1.54) is 18.4 Å². The van der Waals surface area contributed by atoms with Crippen molar-refractivity contribution in [3.8, 4) is 0 Å². The fourth-order valence-corrected chi connectivity index (χ4v) is 3.35. The van der Waals surface area contributed by atoms with Crippen LogP contribution in [0.4, 0.5) is 0 Å².